The number of hydrogen-bond acceptors (Lipinski definition) is 3. The first-order chi connectivity index (χ1) is 12.3. The standard InChI is InChI=1S/C21H41BrN2O/c1-2-3-4-5-6-7-8-9-10-11-12-13-14-15-16-23-17-18-24(19-20-25)21(23)22/h17-18,21,25H,2-16,19-20H2,1H3. The molecule has 0 aromatic heterocycles. The van der Waals surface area contributed by atoms with Crippen molar-refractivity contribution in [2.45, 2.75) is 102 Å². The van der Waals surface area contributed by atoms with Crippen molar-refractivity contribution < 1.29 is 5.11 Å². The Kier molecular flexibility index (Phi) is 14.6. The van der Waals surface area contributed by atoms with Gasteiger partial charge in [-0.1, -0.05) is 90.4 Å². The molecule has 0 amide bonds. The normalized spacial score (nSPS) is 17.0. The number of halogens is 1. The van der Waals surface area contributed by atoms with E-state index in [0.717, 1.165) is 6.54 Å². The van der Waals surface area contributed by atoms with E-state index in [0.29, 0.717) is 6.54 Å². The number of alkyl halides is 1. The molecule has 1 N–H and O–H groups in total. The predicted molar refractivity (Wildman–Crippen MR) is 113 cm³/mol. The summed E-state index contributed by atoms with van der Waals surface area (Å²) >= 11 is 3.69. The summed E-state index contributed by atoms with van der Waals surface area (Å²) in [6, 6.07) is 0. The van der Waals surface area contributed by atoms with Crippen LogP contribution >= 0.6 is 15.9 Å². The van der Waals surface area contributed by atoms with Crippen molar-refractivity contribution in [1.29, 1.82) is 0 Å². The Morgan fingerprint density at radius 3 is 1.52 bits per heavy atom. The van der Waals surface area contributed by atoms with Gasteiger partial charge in [-0.3, -0.25) is 0 Å². The second-order valence-corrected chi connectivity index (χ2v) is 8.22. The lowest BCUT2D eigenvalue weighted by molar-refractivity contribution is 0.189. The first-order valence-electron chi connectivity index (χ1n) is 10.7. The SMILES string of the molecule is CCCCCCCCCCCCCCCCN1C=CN(CCO)C1Br. The summed E-state index contributed by atoms with van der Waals surface area (Å²) in [4.78, 5) is 4.44. The zero-order valence-corrected chi connectivity index (χ0v) is 18.1. The van der Waals surface area contributed by atoms with Gasteiger partial charge in [0.1, 0.15) is 0 Å². The number of aliphatic hydroxyl groups is 1. The van der Waals surface area contributed by atoms with Crippen molar-refractivity contribution in [3.8, 4) is 0 Å². The third-order valence-corrected chi connectivity index (χ3v) is 6.18. The molecule has 0 aromatic carbocycles. The smallest absolute Gasteiger partial charge is 0.159 e. The van der Waals surface area contributed by atoms with Crippen LogP contribution in [0, 0.1) is 0 Å². The number of β-amino-alcohol motifs (C(OH)–C–C–N with tert-alkyl or cyclic N) is 1. The fourth-order valence-corrected chi connectivity index (χ4v) is 4.15. The number of unbranched alkanes of at least 4 members (excludes halogenated alkanes) is 13. The molecule has 0 radical (unpaired) electrons. The molecule has 1 aliphatic rings. The summed E-state index contributed by atoms with van der Waals surface area (Å²) < 4.78 is 0. The highest BCUT2D eigenvalue weighted by Crippen LogP contribution is 2.21. The molecule has 4 heteroatoms. The largest absolute Gasteiger partial charge is 0.395 e. The predicted octanol–water partition coefficient (Wildman–Crippen LogP) is 6.23. The van der Waals surface area contributed by atoms with Crippen LogP contribution in [0.15, 0.2) is 12.4 Å². The monoisotopic (exact) mass is 416 g/mol. The van der Waals surface area contributed by atoms with Crippen molar-refractivity contribution in [2.75, 3.05) is 19.7 Å². The Balaban J connectivity index is 1.80. The average molecular weight is 417 g/mol. The van der Waals surface area contributed by atoms with Crippen molar-refractivity contribution >= 4 is 15.9 Å². The summed E-state index contributed by atoms with van der Waals surface area (Å²) in [7, 11) is 0. The van der Waals surface area contributed by atoms with E-state index in [1.165, 1.54) is 89.9 Å². The van der Waals surface area contributed by atoms with Crippen LogP contribution in [0.3, 0.4) is 0 Å². The lowest BCUT2D eigenvalue weighted by atomic mass is 10.0. The van der Waals surface area contributed by atoms with Crippen LogP contribution in [0.2, 0.25) is 0 Å². The molecular weight excluding hydrogens is 376 g/mol. The van der Waals surface area contributed by atoms with Gasteiger partial charge in [-0.05, 0) is 22.4 Å². The van der Waals surface area contributed by atoms with E-state index in [1.54, 1.807) is 0 Å². The van der Waals surface area contributed by atoms with Gasteiger partial charge in [0.25, 0.3) is 0 Å². The summed E-state index contributed by atoms with van der Waals surface area (Å²) in [6.07, 6.45) is 23.9. The van der Waals surface area contributed by atoms with Crippen molar-refractivity contribution in [2.24, 2.45) is 0 Å². The minimum Gasteiger partial charge on any atom is -0.395 e. The Labute approximate surface area is 165 Å². The fourth-order valence-electron chi connectivity index (χ4n) is 3.47. The first kappa shape index (κ1) is 22.8. The van der Waals surface area contributed by atoms with Gasteiger partial charge < -0.3 is 14.9 Å². The van der Waals surface area contributed by atoms with Crippen molar-refractivity contribution in [3.05, 3.63) is 12.4 Å². The fraction of sp³-hybridized carbons (Fsp3) is 0.905. The van der Waals surface area contributed by atoms with Crippen LogP contribution in [0.4, 0.5) is 0 Å². The highest BCUT2D eigenvalue weighted by Gasteiger charge is 2.21. The van der Waals surface area contributed by atoms with Crippen LogP contribution in [0.1, 0.15) is 96.8 Å². The molecule has 0 aliphatic carbocycles. The molecule has 0 saturated heterocycles. The number of hydrogen-bond donors (Lipinski definition) is 1. The third-order valence-electron chi connectivity index (χ3n) is 5.13. The molecule has 0 aromatic rings. The second-order valence-electron chi connectivity index (χ2n) is 7.40. The number of aliphatic hydroxyl groups excluding tert-OH is 1. The highest BCUT2D eigenvalue weighted by molar-refractivity contribution is 9.09. The Bertz CT molecular complexity index is 325. The molecular formula is C21H41BrN2O. The summed E-state index contributed by atoms with van der Waals surface area (Å²) in [5.41, 5.74) is 0. The van der Waals surface area contributed by atoms with E-state index < -0.39 is 0 Å². The maximum atomic E-state index is 9.02. The van der Waals surface area contributed by atoms with Crippen LogP contribution in [0.25, 0.3) is 0 Å². The van der Waals surface area contributed by atoms with Gasteiger partial charge in [0.15, 0.2) is 5.08 Å². The van der Waals surface area contributed by atoms with Gasteiger partial charge in [0, 0.05) is 25.5 Å². The summed E-state index contributed by atoms with van der Waals surface area (Å²) in [5, 5.41) is 9.25. The van der Waals surface area contributed by atoms with Crippen molar-refractivity contribution in [1.82, 2.24) is 9.80 Å². The molecule has 0 bridgehead atoms. The first-order valence-corrected chi connectivity index (χ1v) is 11.7. The molecule has 0 fully saturated rings. The maximum Gasteiger partial charge on any atom is 0.159 e. The van der Waals surface area contributed by atoms with E-state index >= 15 is 0 Å². The van der Waals surface area contributed by atoms with E-state index in [-0.39, 0.29) is 11.7 Å². The van der Waals surface area contributed by atoms with Gasteiger partial charge in [-0.25, -0.2) is 0 Å². The zero-order chi connectivity index (χ0) is 18.2. The molecule has 1 aliphatic heterocycles. The molecule has 1 heterocycles. The van der Waals surface area contributed by atoms with E-state index in [2.05, 4.69) is 45.1 Å². The Hall–Kier alpha value is -0.220. The number of rotatable bonds is 17. The minimum atomic E-state index is 0.207. The van der Waals surface area contributed by atoms with E-state index in [1.807, 2.05) is 0 Å². The second kappa shape index (κ2) is 16.0. The molecule has 25 heavy (non-hydrogen) atoms. The quantitative estimate of drug-likeness (QED) is 0.173. The third kappa shape index (κ3) is 11.2. The molecule has 148 valence electrons. The molecule has 1 unspecified atom stereocenters. The average Bonchev–Trinajstić information content (AvgIpc) is 2.96. The minimum absolute atomic E-state index is 0.207. The van der Waals surface area contributed by atoms with Gasteiger partial charge in [-0.2, -0.15) is 0 Å². The zero-order valence-electron chi connectivity index (χ0n) is 16.5. The van der Waals surface area contributed by atoms with Crippen molar-refractivity contribution in [3.63, 3.8) is 0 Å². The molecule has 1 rings (SSSR count). The molecule has 0 spiro atoms. The van der Waals surface area contributed by atoms with E-state index in [9.17, 15) is 0 Å². The number of nitrogens with zero attached hydrogens (tertiary/aromatic N) is 2. The van der Waals surface area contributed by atoms with Crippen LogP contribution in [0.5, 0.6) is 0 Å². The molecule has 3 nitrogen and oxygen atoms in total. The van der Waals surface area contributed by atoms with Crippen LogP contribution in [-0.4, -0.2) is 39.7 Å². The Morgan fingerprint density at radius 2 is 1.08 bits per heavy atom. The summed E-state index contributed by atoms with van der Waals surface area (Å²) in [5.74, 6) is 0. The van der Waals surface area contributed by atoms with E-state index in [4.69, 9.17) is 5.11 Å². The molecule has 1 atom stereocenters. The highest BCUT2D eigenvalue weighted by atomic mass is 79.9. The van der Waals surface area contributed by atoms with Crippen LogP contribution in [-0.2, 0) is 0 Å². The Morgan fingerprint density at radius 1 is 0.680 bits per heavy atom. The van der Waals surface area contributed by atoms with Gasteiger partial charge in [-0.15, -0.1) is 0 Å². The van der Waals surface area contributed by atoms with Gasteiger partial charge in [0.2, 0.25) is 0 Å². The van der Waals surface area contributed by atoms with Gasteiger partial charge in [0.05, 0.1) is 6.61 Å². The lowest BCUT2D eigenvalue weighted by Gasteiger charge is -2.27. The summed E-state index contributed by atoms with van der Waals surface area (Å²) in [6.45, 7) is 4.29. The maximum absolute atomic E-state index is 9.02. The lowest BCUT2D eigenvalue weighted by Crippen LogP contribution is -2.35. The molecule has 0 saturated carbocycles. The van der Waals surface area contributed by atoms with Gasteiger partial charge >= 0.3 is 0 Å². The van der Waals surface area contributed by atoms with Crippen LogP contribution < -0.4 is 0 Å². The topological polar surface area (TPSA) is 26.7 Å².